The molecule has 21 heavy (non-hydrogen) atoms. The van der Waals surface area contributed by atoms with Gasteiger partial charge in [-0.25, -0.2) is 0 Å². The Balaban J connectivity index is 1.63. The summed E-state index contributed by atoms with van der Waals surface area (Å²) in [6, 6.07) is -0.0555. The van der Waals surface area contributed by atoms with E-state index in [2.05, 4.69) is 10.1 Å². The van der Waals surface area contributed by atoms with Gasteiger partial charge in [-0.05, 0) is 31.6 Å². The Morgan fingerprint density at radius 2 is 1.43 bits per heavy atom. The summed E-state index contributed by atoms with van der Waals surface area (Å²) in [5.74, 6) is 2.61. The van der Waals surface area contributed by atoms with E-state index in [1.54, 1.807) is 0 Å². The summed E-state index contributed by atoms with van der Waals surface area (Å²) in [6.07, 6.45) is 15.4. The molecule has 0 aliphatic heterocycles. The second kappa shape index (κ2) is 7.39. The summed E-state index contributed by atoms with van der Waals surface area (Å²) in [4.78, 5) is 4.68. The molecule has 0 radical (unpaired) electrons. The topological polar surface area (TPSA) is 64.9 Å². The Labute approximate surface area is 127 Å². The average Bonchev–Trinajstić information content (AvgIpc) is 2.97. The van der Waals surface area contributed by atoms with Crippen molar-refractivity contribution in [1.29, 1.82) is 0 Å². The minimum Gasteiger partial charge on any atom is -0.338 e. The van der Waals surface area contributed by atoms with E-state index in [0.717, 1.165) is 5.82 Å². The van der Waals surface area contributed by atoms with Crippen LogP contribution in [0.15, 0.2) is 4.52 Å². The van der Waals surface area contributed by atoms with Crippen molar-refractivity contribution in [2.24, 2.45) is 11.7 Å². The highest BCUT2D eigenvalue weighted by Crippen LogP contribution is 2.34. The summed E-state index contributed by atoms with van der Waals surface area (Å²) in [7, 11) is 0. The van der Waals surface area contributed by atoms with E-state index in [-0.39, 0.29) is 6.04 Å². The number of nitrogens with two attached hydrogens (primary N) is 1. The van der Waals surface area contributed by atoms with Crippen LogP contribution in [0.4, 0.5) is 0 Å². The molecule has 0 saturated heterocycles. The molecular weight excluding hydrogens is 262 g/mol. The van der Waals surface area contributed by atoms with Crippen LogP contribution in [0.5, 0.6) is 0 Å². The molecule has 0 amide bonds. The lowest BCUT2D eigenvalue weighted by Crippen LogP contribution is -2.23. The minimum absolute atomic E-state index is 0.0555. The lowest BCUT2D eigenvalue weighted by atomic mass is 9.84. The van der Waals surface area contributed by atoms with Crippen molar-refractivity contribution >= 4 is 0 Å². The van der Waals surface area contributed by atoms with Gasteiger partial charge >= 0.3 is 0 Å². The van der Waals surface area contributed by atoms with Crippen LogP contribution in [0.2, 0.25) is 0 Å². The third kappa shape index (κ3) is 3.85. The first-order chi connectivity index (χ1) is 10.3. The highest BCUT2D eigenvalue weighted by atomic mass is 16.5. The van der Waals surface area contributed by atoms with Crippen molar-refractivity contribution in [1.82, 2.24) is 10.1 Å². The molecule has 2 aliphatic carbocycles. The molecule has 1 atom stereocenters. The summed E-state index contributed by atoms with van der Waals surface area (Å²) in [5.41, 5.74) is 6.37. The van der Waals surface area contributed by atoms with Gasteiger partial charge in [-0.15, -0.1) is 0 Å². The largest absolute Gasteiger partial charge is 0.338 e. The molecule has 3 rings (SSSR count). The van der Waals surface area contributed by atoms with Gasteiger partial charge in [0.25, 0.3) is 0 Å². The fraction of sp³-hybridized carbons (Fsp3) is 0.882. The van der Waals surface area contributed by atoms with Crippen molar-refractivity contribution in [3.8, 4) is 0 Å². The van der Waals surface area contributed by atoms with Gasteiger partial charge in [0, 0.05) is 5.92 Å². The van der Waals surface area contributed by atoms with Crippen LogP contribution in [0, 0.1) is 5.92 Å². The second-order valence-corrected chi connectivity index (χ2v) is 6.96. The lowest BCUT2D eigenvalue weighted by molar-refractivity contribution is 0.254. The molecule has 0 spiro atoms. The molecule has 2 fully saturated rings. The van der Waals surface area contributed by atoms with Gasteiger partial charge in [0.1, 0.15) is 0 Å². The number of aromatic nitrogens is 2. The molecular formula is C17H29N3O. The molecule has 1 unspecified atom stereocenters. The van der Waals surface area contributed by atoms with Gasteiger partial charge in [-0.1, -0.05) is 56.5 Å². The van der Waals surface area contributed by atoms with Crippen molar-refractivity contribution in [2.45, 2.75) is 89.0 Å². The van der Waals surface area contributed by atoms with E-state index in [4.69, 9.17) is 10.3 Å². The lowest BCUT2D eigenvalue weighted by Gasteiger charge is -2.24. The smallest absolute Gasteiger partial charge is 0.243 e. The maximum atomic E-state index is 6.37. The van der Waals surface area contributed by atoms with Crippen LogP contribution in [-0.4, -0.2) is 10.1 Å². The van der Waals surface area contributed by atoms with E-state index in [1.807, 2.05) is 0 Å². The van der Waals surface area contributed by atoms with Gasteiger partial charge in [0.2, 0.25) is 5.89 Å². The Kier molecular flexibility index (Phi) is 5.28. The maximum absolute atomic E-state index is 6.37. The van der Waals surface area contributed by atoms with E-state index < -0.39 is 0 Å². The second-order valence-electron chi connectivity index (χ2n) is 6.96. The first-order valence-corrected chi connectivity index (χ1v) is 8.93. The van der Waals surface area contributed by atoms with Gasteiger partial charge in [0.05, 0.1) is 6.04 Å². The van der Waals surface area contributed by atoms with Crippen LogP contribution in [0.25, 0.3) is 0 Å². The van der Waals surface area contributed by atoms with Crippen LogP contribution in [0.1, 0.15) is 101 Å². The van der Waals surface area contributed by atoms with Gasteiger partial charge < -0.3 is 10.3 Å². The number of hydrogen-bond acceptors (Lipinski definition) is 4. The predicted octanol–water partition coefficient (Wildman–Crippen LogP) is 4.48. The average molecular weight is 291 g/mol. The van der Waals surface area contributed by atoms with E-state index in [9.17, 15) is 0 Å². The zero-order valence-corrected chi connectivity index (χ0v) is 13.1. The van der Waals surface area contributed by atoms with Crippen molar-refractivity contribution in [3.63, 3.8) is 0 Å². The Morgan fingerprint density at radius 3 is 2.14 bits per heavy atom. The van der Waals surface area contributed by atoms with E-state index >= 15 is 0 Å². The fourth-order valence-corrected chi connectivity index (χ4v) is 3.96. The summed E-state index contributed by atoms with van der Waals surface area (Å²) < 4.78 is 5.52. The van der Waals surface area contributed by atoms with E-state index in [0.29, 0.717) is 17.7 Å². The van der Waals surface area contributed by atoms with Gasteiger partial charge in [0.15, 0.2) is 5.82 Å². The minimum atomic E-state index is -0.0555. The fourth-order valence-electron chi connectivity index (χ4n) is 3.96. The molecule has 2 aliphatic rings. The summed E-state index contributed by atoms with van der Waals surface area (Å²) in [5, 5.41) is 4.26. The molecule has 4 heteroatoms. The first-order valence-electron chi connectivity index (χ1n) is 8.93. The molecule has 0 aromatic carbocycles. The van der Waals surface area contributed by atoms with Crippen LogP contribution in [0.3, 0.4) is 0 Å². The van der Waals surface area contributed by atoms with Crippen LogP contribution in [-0.2, 0) is 0 Å². The molecule has 1 heterocycles. The summed E-state index contributed by atoms with van der Waals surface area (Å²) >= 11 is 0. The molecule has 4 nitrogen and oxygen atoms in total. The molecule has 2 saturated carbocycles. The quantitative estimate of drug-likeness (QED) is 0.891. The normalized spacial score (nSPS) is 24.4. The monoisotopic (exact) mass is 291 g/mol. The van der Waals surface area contributed by atoms with Crippen molar-refractivity contribution in [3.05, 3.63) is 11.7 Å². The number of rotatable bonds is 3. The predicted molar refractivity (Wildman–Crippen MR) is 82.9 cm³/mol. The maximum Gasteiger partial charge on any atom is 0.243 e. The molecule has 1 aromatic heterocycles. The van der Waals surface area contributed by atoms with Gasteiger partial charge in [-0.3, -0.25) is 0 Å². The highest BCUT2D eigenvalue weighted by Gasteiger charge is 2.27. The molecule has 118 valence electrons. The van der Waals surface area contributed by atoms with Crippen molar-refractivity contribution < 1.29 is 4.52 Å². The molecule has 2 N–H and O–H groups in total. The highest BCUT2D eigenvalue weighted by molar-refractivity contribution is 5.00. The molecule has 1 aromatic rings. The Bertz CT molecular complexity index is 401. The zero-order chi connectivity index (χ0) is 14.5. The SMILES string of the molecule is NC(c1nc(C2CCCCCCC2)no1)C1CCCCC1. The Hall–Kier alpha value is -0.900. The standard InChI is InChI=1S/C17H29N3O/c18-15(13-9-7-4-8-10-13)17-19-16(20-21-17)14-11-5-2-1-3-6-12-14/h13-15H,1-12,18H2. The van der Waals surface area contributed by atoms with Crippen LogP contribution < -0.4 is 5.73 Å². The zero-order valence-electron chi connectivity index (χ0n) is 13.1. The third-order valence-corrected chi connectivity index (χ3v) is 5.37. The van der Waals surface area contributed by atoms with Crippen molar-refractivity contribution in [2.75, 3.05) is 0 Å². The van der Waals surface area contributed by atoms with E-state index in [1.165, 1.54) is 77.0 Å². The number of nitrogens with zero attached hydrogens (tertiary/aromatic N) is 2. The first kappa shape index (κ1) is 15.0. The third-order valence-electron chi connectivity index (χ3n) is 5.37. The number of hydrogen-bond donors (Lipinski definition) is 1. The molecule has 0 bridgehead atoms. The van der Waals surface area contributed by atoms with Crippen LogP contribution >= 0.6 is 0 Å². The Morgan fingerprint density at radius 1 is 0.857 bits per heavy atom. The van der Waals surface area contributed by atoms with Gasteiger partial charge in [-0.2, -0.15) is 4.98 Å². The summed E-state index contributed by atoms with van der Waals surface area (Å²) in [6.45, 7) is 0.